The van der Waals surface area contributed by atoms with E-state index in [-0.39, 0.29) is 10.6 Å². The third-order valence-electron chi connectivity index (χ3n) is 2.26. The molecule has 8 heteroatoms. The summed E-state index contributed by atoms with van der Waals surface area (Å²) in [6.45, 7) is 1.81. The predicted molar refractivity (Wildman–Crippen MR) is 64.8 cm³/mol. The molecule has 7 nitrogen and oxygen atoms in total. The van der Waals surface area contributed by atoms with Crippen LogP contribution in [0.4, 0.5) is 0 Å². The molecule has 1 amide bonds. The van der Waals surface area contributed by atoms with Crippen LogP contribution in [0.15, 0.2) is 40.1 Å². The minimum Gasteiger partial charge on any atom is -0.448 e. The Hall–Kier alpha value is -2.22. The molecule has 0 radical (unpaired) electrons. The average molecular weight is 281 g/mol. The lowest BCUT2D eigenvalue weighted by Gasteiger charge is -2.03. The van der Waals surface area contributed by atoms with E-state index in [1.807, 2.05) is 4.72 Å². The summed E-state index contributed by atoms with van der Waals surface area (Å²) in [5.41, 5.74) is -0.0793. The lowest BCUT2D eigenvalue weighted by Crippen LogP contribution is -2.30. The van der Waals surface area contributed by atoms with Crippen LogP contribution in [0.25, 0.3) is 0 Å². The molecule has 0 saturated carbocycles. The molecular formula is C11H11N3O4S. The van der Waals surface area contributed by atoms with Gasteiger partial charge in [-0.3, -0.25) is 9.78 Å². The third-order valence-corrected chi connectivity index (χ3v) is 3.57. The fraction of sp³-hybridized carbons (Fsp3) is 0.182. The number of rotatable bonds is 4. The molecule has 2 rings (SSSR count). The molecule has 0 bridgehead atoms. The van der Waals surface area contributed by atoms with Crippen LogP contribution < -0.4 is 4.72 Å². The van der Waals surface area contributed by atoms with Crippen LogP contribution in [-0.4, -0.2) is 24.3 Å². The molecule has 2 aromatic rings. The second kappa shape index (κ2) is 5.19. The number of aromatic nitrogens is 2. The van der Waals surface area contributed by atoms with Crippen LogP contribution >= 0.6 is 0 Å². The highest BCUT2D eigenvalue weighted by molar-refractivity contribution is 7.90. The first kappa shape index (κ1) is 13.2. The zero-order valence-corrected chi connectivity index (χ0v) is 10.8. The van der Waals surface area contributed by atoms with Gasteiger partial charge in [-0.05, 0) is 12.1 Å². The quantitative estimate of drug-likeness (QED) is 0.887. The summed E-state index contributed by atoms with van der Waals surface area (Å²) in [6.07, 6.45) is 4.22. The van der Waals surface area contributed by atoms with Crippen molar-refractivity contribution in [3.8, 4) is 0 Å². The van der Waals surface area contributed by atoms with Gasteiger partial charge < -0.3 is 4.42 Å². The van der Waals surface area contributed by atoms with Gasteiger partial charge in [-0.1, -0.05) is 6.92 Å². The minimum absolute atomic E-state index is 0.0793. The van der Waals surface area contributed by atoms with Gasteiger partial charge in [-0.15, -0.1) is 0 Å². The van der Waals surface area contributed by atoms with Crippen LogP contribution in [0.1, 0.15) is 23.3 Å². The Morgan fingerprint density at radius 2 is 2.26 bits per heavy atom. The van der Waals surface area contributed by atoms with E-state index < -0.39 is 15.9 Å². The molecule has 2 aromatic heterocycles. The monoisotopic (exact) mass is 281 g/mol. The highest BCUT2D eigenvalue weighted by Crippen LogP contribution is 2.08. The number of nitrogens with zero attached hydrogens (tertiary/aromatic N) is 2. The highest BCUT2D eigenvalue weighted by atomic mass is 32.2. The number of carbonyl (C=O) groups is 1. The maximum absolute atomic E-state index is 11.9. The fourth-order valence-electron chi connectivity index (χ4n) is 1.32. The van der Waals surface area contributed by atoms with Crippen molar-refractivity contribution in [2.75, 3.05) is 0 Å². The van der Waals surface area contributed by atoms with Crippen molar-refractivity contribution in [3.63, 3.8) is 0 Å². The number of hydrogen-bond acceptors (Lipinski definition) is 6. The van der Waals surface area contributed by atoms with E-state index in [4.69, 9.17) is 4.42 Å². The predicted octanol–water partition coefficient (Wildman–Crippen LogP) is 0.751. The van der Waals surface area contributed by atoms with Gasteiger partial charge in [0, 0.05) is 18.8 Å². The van der Waals surface area contributed by atoms with Crippen molar-refractivity contribution in [3.05, 3.63) is 42.4 Å². The van der Waals surface area contributed by atoms with E-state index in [1.54, 1.807) is 6.92 Å². The van der Waals surface area contributed by atoms with E-state index in [9.17, 15) is 13.2 Å². The first-order valence-corrected chi connectivity index (χ1v) is 6.93. The van der Waals surface area contributed by atoms with Crippen LogP contribution in [-0.2, 0) is 16.4 Å². The van der Waals surface area contributed by atoms with Gasteiger partial charge in [-0.2, -0.15) is 0 Å². The number of hydrogen-bond donors (Lipinski definition) is 1. The largest absolute Gasteiger partial charge is 0.448 e. The fourth-order valence-corrected chi connectivity index (χ4v) is 2.24. The summed E-state index contributed by atoms with van der Waals surface area (Å²) in [7, 11) is -3.95. The second-order valence-corrected chi connectivity index (χ2v) is 5.29. The van der Waals surface area contributed by atoms with Gasteiger partial charge in [0.15, 0.2) is 11.6 Å². The summed E-state index contributed by atoms with van der Waals surface area (Å²) in [5, 5.41) is 0. The molecule has 0 aliphatic rings. The smallest absolute Gasteiger partial charge is 0.286 e. The number of sulfonamides is 1. The zero-order valence-electron chi connectivity index (χ0n) is 10.0. The van der Waals surface area contributed by atoms with E-state index >= 15 is 0 Å². The van der Waals surface area contributed by atoms with Crippen molar-refractivity contribution in [2.45, 2.75) is 18.2 Å². The molecule has 2 heterocycles. The van der Waals surface area contributed by atoms with Gasteiger partial charge in [0.2, 0.25) is 0 Å². The molecule has 0 unspecified atom stereocenters. The Bertz CT molecular complexity index is 679. The zero-order chi connectivity index (χ0) is 13.9. The van der Waals surface area contributed by atoms with E-state index in [0.717, 1.165) is 12.5 Å². The van der Waals surface area contributed by atoms with E-state index in [2.05, 4.69) is 9.97 Å². The summed E-state index contributed by atoms with van der Waals surface area (Å²) in [4.78, 5) is 19.2. The summed E-state index contributed by atoms with van der Waals surface area (Å²) in [5.74, 6) is -0.476. The summed E-state index contributed by atoms with van der Waals surface area (Å²) < 4.78 is 30.6. The molecule has 0 aliphatic carbocycles. The van der Waals surface area contributed by atoms with E-state index in [1.165, 1.54) is 18.3 Å². The number of aryl methyl sites for hydroxylation is 1. The molecule has 0 fully saturated rings. The highest BCUT2D eigenvalue weighted by Gasteiger charge is 2.20. The standard InChI is InChI=1S/C11H11N3O4S/c1-2-10-13-9(7-18-10)11(15)14-19(16,17)8-4-3-5-12-6-8/h3-7H,2H2,1H3,(H,14,15). The lowest BCUT2D eigenvalue weighted by molar-refractivity contribution is 0.0976. The molecule has 0 aliphatic heterocycles. The Morgan fingerprint density at radius 3 is 2.84 bits per heavy atom. The normalized spacial score (nSPS) is 11.2. The number of nitrogens with one attached hydrogen (secondary N) is 1. The Balaban J connectivity index is 2.19. The number of oxazole rings is 1. The van der Waals surface area contributed by atoms with Crippen LogP contribution in [0.2, 0.25) is 0 Å². The minimum atomic E-state index is -3.95. The van der Waals surface area contributed by atoms with Crippen molar-refractivity contribution in [1.82, 2.24) is 14.7 Å². The Morgan fingerprint density at radius 1 is 1.47 bits per heavy atom. The number of amides is 1. The van der Waals surface area contributed by atoms with Gasteiger partial charge in [0.05, 0.1) is 0 Å². The van der Waals surface area contributed by atoms with Gasteiger partial charge in [-0.25, -0.2) is 18.1 Å². The number of pyridine rings is 1. The molecule has 0 atom stereocenters. The maximum atomic E-state index is 11.9. The second-order valence-electron chi connectivity index (χ2n) is 3.60. The molecule has 0 spiro atoms. The van der Waals surface area contributed by atoms with E-state index in [0.29, 0.717) is 12.3 Å². The van der Waals surface area contributed by atoms with Gasteiger partial charge in [0.1, 0.15) is 11.2 Å². The van der Waals surface area contributed by atoms with Crippen molar-refractivity contribution in [1.29, 1.82) is 0 Å². The van der Waals surface area contributed by atoms with Crippen LogP contribution in [0, 0.1) is 0 Å². The molecule has 1 N–H and O–H groups in total. The van der Waals surface area contributed by atoms with Crippen molar-refractivity contribution >= 4 is 15.9 Å². The first-order chi connectivity index (χ1) is 9.03. The molecule has 0 saturated heterocycles. The topological polar surface area (TPSA) is 102 Å². The first-order valence-electron chi connectivity index (χ1n) is 5.44. The average Bonchev–Trinajstić information content (AvgIpc) is 2.88. The lowest BCUT2D eigenvalue weighted by atomic mass is 10.4. The maximum Gasteiger partial charge on any atom is 0.286 e. The summed E-state index contributed by atoms with van der Waals surface area (Å²) >= 11 is 0. The van der Waals surface area contributed by atoms with Crippen molar-refractivity contribution in [2.24, 2.45) is 0 Å². The summed E-state index contributed by atoms with van der Waals surface area (Å²) in [6, 6.07) is 2.80. The number of carbonyl (C=O) groups excluding carboxylic acids is 1. The molecule has 100 valence electrons. The molecule has 0 aromatic carbocycles. The Kier molecular flexibility index (Phi) is 3.61. The third kappa shape index (κ3) is 2.97. The van der Waals surface area contributed by atoms with Crippen molar-refractivity contribution < 1.29 is 17.6 Å². The van der Waals surface area contributed by atoms with Crippen LogP contribution in [0.3, 0.4) is 0 Å². The molecule has 19 heavy (non-hydrogen) atoms. The molecular weight excluding hydrogens is 270 g/mol. The van der Waals surface area contributed by atoms with Gasteiger partial charge >= 0.3 is 0 Å². The Labute approximate surface area is 109 Å². The van der Waals surface area contributed by atoms with Crippen LogP contribution in [0.5, 0.6) is 0 Å². The van der Waals surface area contributed by atoms with Gasteiger partial charge in [0.25, 0.3) is 15.9 Å². The SMILES string of the molecule is CCc1nc(C(=O)NS(=O)(=O)c2cccnc2)co1.